The molecule has 0 aliphatic heterocycles. The Bertz CT molecular complexity index is 505. The summed E-state index contributed by atoms with van der Waals surface area (Å²) in [5.41, 5.74) is 2.90. The zero-order chi connectivity index (χ0) is 15.6. The van der Waals surface area contributed by atoms with Crippen molar-refractivity contribution in [2.24, 2.45) is 11.8 Å². The SMILES string of the molecule is CCC1CCC(c2nc(C)c(CC(C)C(=O)O)c(C)n2)C1. The van der Waals surface area contributed by atoms with Crippen LogP contribution >= 0.6 is 0 Å². The molecule has 3 unspecified atom stereocenters. The topological polar surface area (TPSA) is 63.1 Å². The summed E-state index contributed by atoms with van der Waals surface area (Å²) in [6.45, 7) is 7.95. The van der Waals surface area contributed by atoms with Crippen LogP contribution < -0.4 is 0 Å². The molecule has 0 amide bonds. The van der Waals surface area contributed by atoms with Crippen LogP contribution in [0.5, 0.6) is 0 Å². The highest BCUT2D eigenvalue weighted by atomic mass is 16.4. The van der Waals surface area contributed by atoms with E-state index < -0.39 is 11.9 Å². The summed E-state index contributed by atoms with van der Waals surface area (Å²) in [5.74, 6) is 1.10. The van der Waals surface area contributed by atoms with E-state index in [-0.39, 0.29) is 0 Å². The standard InChI is InChI=1S/C17H26N2O2/c1-5-13-6-7-14(9-13)16-18-11(3)15(12(4)19-16)8-10(2)17(20)21/h10,13-14H,5-9H2,1-4H3,(H,20,21). The molecule has 1 aromatic heterocycles. The zero-order valence-corrected chi connectivity index (χ0v) is 13.5. The molecule has 116 valence electrons. The number of carboxylic acid groups (broad SMARTS) is 1. The second kappa shape index (κ2) is 6.54. The number of aromatic nitrogens is 2. The first kappa shape index (κ1) is 15.9. The average molecular weight is 290 g/mol. The van der Waals surface area contributed by atoms with Crippen molar-refractivity contribution in [1.82, 2.24) is 9.97 Å². The van der Waals surface area contributed by atoms with Crippen molar-refractivity contribution in [2.75, 3.05) is 0 Å². The number of aryl methyl sites for hydroxylation is 2. The lowest BCUT2D eigenvalue weighted by Crippen LogP contribution is -2.16. The molecule has 1 saturated carbocycles. The van der Waals surface area contributed by atoms with Crippen LogP contribution in [0.15, 0.2) is 0 Å². The van der Waals surface area contributed by atoms with E-state index in [1.54, 1.807) is 6.92 Å². The number of aliphatic carboxylic acids is 1. The van der Waals surface area contributed by atoms with Gasteiger partial charge in [0.15, 0.2) is 0 Å². The minimum atomic E-state index is -0.764. The van der Waals surface area contributed by atoms with E-state index in [1.807, 2.05) is 13.8 Å². The van der Waals surface area contributed by atoms with Gasteiger partial charge in [0.2, 0.25) is 0 Å². The molecule has 0 radical (unpaired) electrons. The van der Waals surface area contributed by atoms with Crippen molar-refractivity contribution >= 4 is 5.97 Å². The van der Waals surface area contributed by atoms with Crippen molar-refractivity contribution in [1.29, 1.82) is 0 Å². The molecule has 2 rings (SSSR count). The summed E-state index contributed by atoms with van der Waals surface area (Å²) < 4.78 is 0. The fourth-order valence-corrected chi connectivity index (χ4v) is 3.32. The van der Waals surface area contributed by atoms with Crippen molar-refractivity contribution < 1.29 is 9.90 Å². The Morgan fingerprint density at radius 1 is 1.29 bits per heavy atom. The number of carboxylic acids is 1. The predicted molar refractivity (Wildman–Crippen MR) is 82.4 cm³/mol. The molecule has 21 heavy (non-hydrogen) atoms. The normalized spacial score (nSPS) is 23.2. The second-order valence-corrected chi connectivity index (χ2v) is 6.46. The lowest BCUT2D eigenvalue weighted by molar-refractivity contribution is -0.141. The number of carbonyl (C=O) groups is 1. The van der Waals surface area contributed by atoms with Crippen LogP contribution in [0.25, 0.3) is 0 Å². The first-order chi connectivity index (χ1) is 9.92. The summed E-state index contributed by atoms with van der Waals surface area (Å²) in [7, 11) is 0. The van der Waals surface area contributed by atoms with E-state index in [2.05, 4.69) is 6.92 Å². The van der Waals surface area contributed by atoms with Gasteiger partial charge in [-0.05, 0) is 51.0 Å². The molecular weight excluding hydrogens is 264 g/mol. The maximum atomic E-state index is 11.0. The van der Waals surface area contributed by atoms with Crippen LogP contribution in [-0.2, 0) is 11.2 Å². The van der Waals surface area contributed by atoms with Gasteiger partial charge in [-0.2, -0.15) is 0 Å². The van der Waals surface area contributed by atoms with Crippen molar-refractivity contribution in [3.05, 3.63) is 22.8 Å². The molecule has 3 atom stereocenters. The quantitative estimate of drug-likeness (QED) is 0.899. The molecule has 0 bridgehead atoms. The van der Waals surface area contributed by atoms with Crippen molar-refractivity contribution in [3.63, 3.8) is 0 Å². The zero-order valence-electron chi connectivity index (χ0n) is 13.5. The maximum Gasteiger partial charge on any atom is 0.306 e. The average Bonchev–Trinajstić information content (AvgIpc) is 2.91. The third-order valence-electron chi connectivity index (χ3n) is 4.85. The molecule has 1 heterocycles. The molecule has 4 nitrogen and oxygen atoms in total. The highest BCUT2D eigenvalue weighted by Gasteiger charge is 2.27. The fraction of sp³-hybridized carbons (Fsp3) is 0.706. The van der Waals surface area contributed by atoms with Crippen LogP contribution in [0, 0.1) is 25.7 Å². The molecule has 1 aromatic rings. The minimum Gasteiger partial charge on any atom is -0.481 e. The van der Waals surface area contributed by atoms with E-state index in [4.69, 9.17) is 15.1 Å². The molecule has 1 aliphatic carbocycles. The fourth-order valence-electron chi connectivity index (χ4n) is 3.32. The summed E-state index contributed by atoms with van der Waals surface area (Å²) in [6, 6.07) is 0. The summed E-state index contributed by atoms with van der Waals surface area (Å²) in [5, 5.41) is 9.07. The molecule has 1 aliphatic rings. The van der Waals surface area contributed by atoms with Gasteiger partial charge in [0.1, 0.15) is 5.82 Å². The van der Waals surface area contributed by atoms with Gasteiger partial charge in [-0.3, -0.25) is 4.79 Å². The van der Waals surface area contributed by atoms with Crippen LogP contribution in [0.3, 0.4) is 0 Å². The molecule has 0 saturated heterocycles. The van der Waals surface area contributed by atoms with Gasteiger partial charge in [-0.25, -0.2) is 9.97 Å². The van der Waals surface area contributed by atoms with E-state index in [0.717, 1.165) is 28.7 Å². The van der Waals surface area contributed by atoms with E-state index in [9.17, 15) is 4.79 Å². The maximum absolute atomic E-state index is 11.0. The van der Waals surface area contributed by atoms with E-state index in [0.29, 0.717) is 12.3 Å². The first-order valence-electron chi connectivity index (χ1n) is 7.99. The first-order valence-corrected chi connectivity index (χ1v) is 7.99. The van der Waals surface area contributed by atoms with Gasteiger partial charge < -0.3 is 5.11 Å². The van der Waals surface area contributed by atoms with Crippen molar-refractivity contribution in [2.45, 2.75) is 65.7 Å². The Labute approximate surface area is 127 Å². The lowest BCUT2D eigenvalue weighted by Gasteiger charge is -2.16. The number of nitrogens with zero attached hydrogens (tertiary/aromatic N) is 2. The highest BCUT2D eigenvalue weighted by molar-refractivity contribution is 5.70. The van der Waals surface area contributed by atoms with Gasteiger partial charge in [0.05, 0.1) is 5.92 Å². The number of hydrogen-bond acceptors (Lipinski definition) is 3. The second-order valence-electron chi connectivity index (χ2n) is 6.46. The monoisotopic (exact) mass is 290 g/mol. The molecule has 1 N–H and O–H groups in total. The van der Waals surface area contributed by atoms with Crippen LogP contribution in [-0.4, -0.2) is 21.0 Å². The van der Waals surface area contributed by atoms with Crippen LogP contribution in [0.4, 0.5) is 0 Å². The molecule has 4 heteroatoms. The predicted octanol–water partition coefficient (Wildman–Crippen LogP) is 3.65. The van der Waals surface area contributed by atoms with Gasteiger partial charge in [-0.15, -0.1) is 0 Å². The lowest BCUT2D eigenvalue weighted by atomic mass is 9.97. The van der Waals surface area contributed by atoms with Crippen LogP contribution in [0.2, 0.25) is 0 Å². The van der Waals surface area contributed by atoms with Gasteiger partial charge in [0, 0.05) is 17.3 Å². The third kappa shape index (κ3) is 3.60. The third-order valence-corrected chi connectivity index (χ3v) is 4.85. The smallest absolute Gasteiger partial charge is 0.306 e. The number of hydrogen-bond donors (Lipinski definition) is 1. The largest absolute Gasteiger partial charge is 0.481 e. The summed E-state index contributed by atoms with van der Waals surface area (Å²) >= 11 is 0. The Balaban J connectivity index is 2.19. The number of rotatable bonds is 5. The Hall–Kier alpha value is -1.45. The van der Waals surface area contributed by atoms with Crippen molar-refractivity contribution in [3.8, 4) is 0 Å². The Morgan fingerprint density at radius 3 is 2.38 bits per heavy atom. The Morgan fingerprint density at radius 2 is 1.90 bits per heavy atom. The molecule has 1 fully saturated rings. The van der Waals surface area contributed by atoms with E-state index >= 15 is 0 Å². The highest BCUT2D eigenvalue weighted by Crippen LogP contribution is 2.38. The summed E-state index contributed by atoms with van der Waals surface area (Å²) in [4.78, 5) is 20.4. The Kier molecular flexibility index (Phi) is 4.96. The molecule has 0 aromatic carbocycles. The van der Waals surface area contributed by atoms with Gasteiger partial charge in [0.25, 0.3) is 0 Å². The minimum absolute atomic E-state index is 0.396. The summed E-state index contributed by atoms with van der Waals surface area (Å²) in [6.07, 6.45) is 5.40. The van der Waals surface area contributed by atoms with Gasteiger partial charge in [-0.1, -0.05) is 20.3 Å². The molecular formula is C17H26N2O2. The molecule has 0 spiro atoms. The van der Waals surface area contributed by atoms with Crippen LogP contribution in [0.1, 0.15) is 68.2 Å². The van der Waals surface area contributed by atoms with Gasteiger partial charge >= 0.3 is 5.97 Å². The van der Waals surface area contributed by atoms with E-state index in [1.165, 1.54) is 25.7 Å².